The highest BCUT2D eigenvalue weighted by Gasteiger charge is 2.03. The van der Waals surface area contributed by atoms with E-state index in [1.54, 1.807) is 18.2 Å². The van der Waals surface area contributed by atoms with Crippen LogP contribution in [0.3, 0.4) is 0 Å². The van der Waals surface area contributed by atoms with Gasteiger partial charge in [-0.2, -0.15) is 0 Å². The zero-order valence-corrected chi connectivity index (χ0v) is 13.4. The smallest absolute Gasteiger partial charge is 0.243 e. The van der Waals surface area contributed by atoms with Crippen molar-refractivity contribution < 1.29 is 21.7 Å². The lowest BCUT2D eigenvalue weighted by atomic mass is 10.2. The molecule has 0 fully saturated rings. The van der Waals surface area contributed by atoms with Gasteiger partial charge in [-0.1, -0.05) is 0 Å². The highest BCUT2D eigenvalue weighted by atomic mass is 35.5. The molecular weight excluding hydrogens is 323 g/mol. The molecule has 5 nitrogen and oxygen atoms in total. The maximum atomic E-state index is 5.79. The Labute approximate surface area is 137 Å². The molecule has 0 aliphatic rings. The Kier molecular flexibility index (Phi) is 10.1. The Balaban J connectivity index is 0. The fourth-order valence-corrected chi connectivity index (χ4v) is 1.59. The number of halogens is 3. The number of nitrogens with two attached hydrogens (primary N) is 2. The van der Waals surface area contributed by atoms with Gasteiger partial charge in [-0.05, 0) is 18.2 Å². The van der Waals surface area contributed by atoms with Crippen LogP contribution in [0.15, 0.2) is 36.9 Å². The van der Waals surface area contributed by atoms with Crippen molar-refractivity contribution in [2.24, 2.45) is 7.05 Å². The van der Waals surface area contributed by atoms with Gasteiger partial charge in [0.05, 0.1) is 12.7 Å². The summed E-state index contributed by atoms with van der Waals surface area (Å²) in [6.45, 7) is 1.35. The normalized spacial score (nSPS) is 8.85. The third-order valence-corrected chi connectivity index (χ3v) is 2.46. The Morgan fingerprint density at radius 1 is 1.25 bits per heavy atom. The molecule has 0 saturated heterocycles. The maximum Gasteiger partial charge on any atom is 0.243 e. The molecule has 2 aromatic rings. The largest absolute Gasteiger partial charge is 1.00 e. The van der Waals surface area contributed by atoms with Gasteiger partial charge >= 0.3 is 0 Å². The highest BCUT2D eigenvalue weighted by molar-refractivity contribution is 5.85. The molecule has 8 heteroatoms. The zero-order chi connectivity index (χ0) is 12.3. The summed E-state index contributed by atoms with van der Waals surface area (Å²) in [4.78, 5) is 0. The molecule has 0 saturated carbocycles. The van der Waals surface area contributed by atoms with Gasteiger partial charge in [-0.15, -0.1) is 24.8 Å². The molecule has 0 bridgehead atoms. The van der Waals surface area contributed by atoms with E-state index in [9.17, 15) is 0 Å². The summed E-state index contributed by atoms with van der Waals surface area (Å²) in [6, 6.07) is 5.27. The summed E-state index contributed by atoms with van der Waals surface area (Å²) in [7, 11) is 1.98. The predicted octanol–water partition coefficient (Wildman–Crippen LogP) is -1.60. The topological polar surface area (TPSA) is 70.1 Å². The predicted molar refractivity (Wildman–Crippen MR) is 80.9 cm³/mol. The monoisotopic (exact) mass is 340 g/mol. The van der Waals surface area contributed by atoms with Crippen molar-refractivity contribution >= 4 is 36.2 Å². The molecule has 1 heterocycles. The van der Waals surface area contributed by atoms with Gasteiger partial charge in [-0.3, -0.25) is 0 Å². The van der Waals surface area contributed by atoms with Crippen molar-refractivity contribution in [1.29, 1.82) is 0 Å². The minimum absolute atomic E-state index is 0. The Hall–Kier alpha value is -1.30. The van der Waals surface area contributed by atoms with Crippen LogP contribution in [-0.4, -0.2) is 11.2 Å². The Morgan fingerprint density at radius 2 is 1.95 bits per heavy atom. The summed E-state index contributed by atoms with van der Waals surface area (Å²) in [5, 5.41) is 0. The van der Waals surface area contributed by atoms with Crippen LogP contribution in [0.4, 0.5) is 11.4 Å². The first-order valence-corrected chi connectivity index (χ1v) is 5.44. The molecule has 0 atom stereocenters. The van der Waals surface area contributed by atoms with Crippen molar-refractivity contribution in [2.45, 2.75) is 6.54 Å². The molecule has 0 amide bonds. The van der Waals surface area contributed by atoms with Crippen LogP contribution in [0.2, 0.25) is 0 Å². The summed E-state index contributed by atoms with van der Waals surface area (Å²) < 4.78 is 9.63. The second-order valence-electron chi connectivity index (χ2n) is 3.96. The Bertz CT molecular complexity index is 519. The summed E-state index contributed by atoms with van der Waals surface area (Å²) in [5.41, 5.74) is 12.6. The molecule has 0 aliphatic heterocycles. The van der Waals surface area contributed by atoms with Crippen molar-refractivity contribution in [3.05, 3.63) is 36.9 Å². The van der Waals surface area contributed by atoms with E-state index >= 15 is 0 Å². The van der Waals surface area contributed by atoms with E-state index in [-0.39, 0.29) is 37.2 Å². The van der Waals surface area contributed by atoms with Crippen LogP contribution >= 0.6 is 24.8 Å². The lowest BCUT2D eigenvalue weighted by Gasteiger charge is -2.08. The van der Waals surface area contributed by atoms with E-state index in [1.807, 2.05) is 34.9 Å². The summed E-state index contributed by atoms with van der Waals surface area (Å²) in [5.74, 6) is 0.677. The van der Waals surface area contributed by atoms with Gasteiger partial charge < -0.3 is 28.6 Å². The number of anilines is 2. The van der Waals surface area contributed by atoms with Gasteiger partial charge in [0.25, 0.3) is 0 Å². The van der Waals surface area contributed by atoms with Gasteiger partial charge in [0.15, 0.2) is 0 Å². The average Bonchev–Trinajstić information content (AvgIpc) is 2.68. The van der Waals surface area contributed by atoms with E-state index in [2.05, 4.69) is 0 Å². The van der Waals surface area contributed by atoms with E-state index < -0.39 is 0 Å². The van der Waals surface area contributed by atoms with Gasteiger partial charge in [0.1, 0.15) is 31.3 Å². The van der Waals surface area contributed by atoms with Crippen molar-refractivity contribution in [3.63, 3.8) is 0 Å². The van der Waals surface area contributed by atoms with Crippen LogP contribution in [0, 0.1) is 0 Å². The van der Waals surface area contributed by atoms with Crippen molar-refractivity contribution in [3.8, 4) is 5.75 Å². The molecule has 114 valence electrons. The zero-order valence-electron chi connectivity index (χ0n) is 11.0. The molecule has 0 aliphatic carbocycles. The SMILES string of the molecule is C[n+]1ccn(CCOc2ccc(N)cc2N)c1.Cl.Cl.[Cl-]. The molecule has 4 N–H and O–H groups in total. The van der Waals surface area contributed by atoms with Crippen molar-refractivity contribution in [1.82, 2.24) is 4.57 Å². The molecule has 20 heavy (non-hydrogen) atoms. The fourth-order valence-electron chi connectivity index (χ4n) is 1.59. The number of aryl methyl sites for hydroxylation is 1. The van der Waals surface area contributed by atoms with Crippen LogP contribution < -0.4 is 33.2 Å². The minimum atomic E-state index is 0. The van der Waals surface area contributed by atoms with E-state index in [4.69, 9.17) is 16.2 Å². The molecule has 2 rings (SSSR count). The lowest BCUT2D eigenvalue weighted by Crippen LogP contribution is -3.00. The molecule has 1 aromatic carbocycles. The van der Waals surface area contributed by atoms with E-state index in [1.165, 1.54) is 0 Å². The molecule has 0 unspecified atom stereocenters. The first kappa shape index (κ1) is 21.0. The number of benzene rings is 1. The number of hydrogen-bond donors (Lipinski definition) is 2. The maximum absolute atomic E-state index is 5.79. The van der Waals surface area contributed by atoms with Crippen molar-refractivity contribution in [2.75, 3.05) is 18.1 Å². The van der Waals surface area contributed by atoms with Gasteiger partial charge in [0.2, 0.25) is 6.33 Å². The second-order valence-corrected chi connectivity index (χ2v) is 3.96. The van der Waals surface area contributed by atoms with Crippen LogP contribution in [0.1, 0.15) is 0 Å². The first-order chi connectivity index (χ1) is 8.15. The second kappa shape index (κ2) is 9.58. The third kappa shape index (κ3) is 5.77. The third-order valence-electron chi connectivity index (χ3n) is 2.46. The summed E-state index contributed by atoms with van der Waals surface area (Å²) in [6.07, 6.45) is 5.98. The minimum Gasteiger partial charge on any atom is -1.00 e. The van der Waals surface area contributed by atoms with Crippen LogP contribution in [0.5, 0.6) is 5.75 Å². The molecule has 0 radical (unpaired) electrons. The molecular formula is C12H19Cl3N4O. The molecule has 1 aromatic heterocycles. The molecule has 0 spiro atoms. The number of nitrogens with zero attached hydrogens (tertiary/aromatic N) is 2. The number of ether oxygens (including phenoxy) is 1. The highest BCUT2D eigenvalue weighted by Crippen LogP contribution is 2.23. The standard InChI is InChI=1S/C12H17N4O.3ClH/c1-15-4-5-16(9-15)6-7-17-12-3-2-10(13)8-11(12)14;;;/h2-5,8-9H,6-7,13-14H2,1H3;3*1H/q+1;;;/p-1. The number of aromatic nitrogens is 2. The number of nitrogen functional groups attached to an aromatic ring is 2. The number of hydrogen-bond acceptors (Lipinski definition) is 3. The quantitative estimate of drug-likeness (QED) is 0.520. The number of rotatable bonds is 4. The average molecular weight is 342 g/mol. The van der Waals surface area contributed by atoms with Gasteiger partial charge in [-0.25, -0.2) is 9.13 Å². The van der Waals surface area contributed by atoms with E-state index in [0.717, 1.165) is 6.54 Å². The first-order valence-electron chi connectivity index (χ1n) is 5.44. The van der Waals surface area contributed by atoms with Crippen LogP contribution in [0.25, 0.3) is 0 Å². The fraction of sp³-hybridized carbons (Fsp3) is 0.250. The lowest BCUT2D eigenvalue weighted by molar-refractivity contribution is -0.671. The van der Waals surface area contributed by atoms with Crippen LogP contribution in [-0.2, 0) is 13.6 Å². The van der Waals surface area contributed by atoms with E-state index in [0.29, 0.717) is 23.7 Å². The van der Waals surface area contributed by atoms with Gasteiger partial charge in [0, 0.05) is 5.69 Å². The number of imidazole rings is 1. The summed E-state index contributed by atoms with van der Waals surface area (Å²) >= 11 is 0. The Morgan fingerprint density at radius 3 is 2.50 bits per heavy atom.